The summed E-state index contributed by atoms with van der Waals surface area (Å²) in [5, 5.41) is 23.8. The predicted molar refractivity (Wildman–Crippen MR) is 186 cm³/mol. The molecule has 0 spiro atoms. The van der Waals surface area contributed by atoms with Gasteiger partial charge in [0.05, 0.1) is 29.9 Å². The van der Waals surface area contributed by atoms with Gasteiger partial charge >= 0.3 is 17.5 Å². The number of nitrogens with one attached hydrogen (secondary N) is 1. The van der Waals surface area contributed by atoms with E-state index in [1.165, 1.54) is 67.9 Å². The van der Waals surface area contributed by atoms with Crippen LogP contribution in [0.1, 0.15) is 56.0 Å². The highest BCUT2D eigenvalue weighted by Gasteiger charge is 2.79. The van der Waals surface area contributed by atoms with Crippen LogP contribution in [-0.4, -0.2) is 98.2 Å². The average Bonchev–Trinajstić information content (AvgIpc) is 3.70. The monoisotopic (exact) mass is 781 g/mol. The number of ether oxygens (including phenoxy) is 3. The number of carbonyl (C=O) groups excluding carboxylic acids is 5. The number of carbonyl (C=O) groups is 5. The Balaban J connectivity index is 1.38. The molecular formula is C35H39ClF2N3O11P. The molecule has 3 heterocycles. The Kier molecular flexibility index (Phi) is 11.7. The highest BCUT2D eigenvalue weighted by Crippen LogP contribution is 2.74. The second-order valence-corrected chi connectivity index (χ2v) is 16.3. The molecule has 3 N–H and O–H groups in total. The molecule has 53 heavy (non-hydrogen) atoms. The third-order valence-electron chi connectivity index (χ3n) is 9.32. The number of aliphatic hydroxyl groups is 2. The van der Waals surface area contributed by atoms with Crippen LogP contribution in [-0.2, 0) is 46.3 Å². The molecule has 18 heteroatoms. The maximum atomic E-state index is 14.7. The third-order valence-corrected chi connectivity index (χ3v) is 12.9. The minimum atomic E-state index is -4.09. The van der Waals surface area contributed by atoms with Crippen LogP contribution in [0.4, 0.5) is 8.78 Å². The predicted octanol–water partition coefficient (Wildman–Crippen LogP) is 3.89. The van der Waals surface area contributed by atoms with Crippen LogP contribution in [0.15, 0.2) is 42.6 Å². The summed E-state index contributed by atoms with van der Waals surface area (Å²) in [5.41, 5.74) is -4.44. The van der Waals surface area contributed by atoms with Crippen molar-refractivity contribution in [1.82, 2.24) is 14.8 Å². The number of aliphatic hydroxyl groups excluding tert-OH is 1. The smallest absolute Gasteiger partial charge is 0.342 e. The van der Waals surface area contributed by atoms with Gasteiger partial charge in [-0.15, -0.1) is 0 Å². The molecule has 2 fully saturated rings. The molecule has 0 bridgehead atoms. The molecule has 2 unspecified atom stereocenters. The van der Waals surface area contributed by atoms with Crippen molar-refractivity contribution in [1.29, 1.82) is 0 Å². The number of halogens is 3. The lowest BCUT2D eigenvalue weighted by Gasteiger charge is -2.56. The number of benzene rings is 2. The van der Waals surface area contributed by atoms with E-state index in [0.717, 1.165) is 4.90 Å². The number of hydrogen-bond acceptors (Lipinski definition) is 11. The SMILES string of the molecule is CCC(=O)OC1(OC(=O)CC)C(O)(CO)CP1(=O)COc1ccc2c(C(C)=O)cn(CC(=O)N3C[C@H](F)C[C@H]3C(=O)NCc3cccc(Cl)c3F)c2c1. The lowest BCUT2D eigenvalue weighted by Crippen LogP contribution is -2.71. The van der Waals surface area contributed by atoms with Crippen molar-refractivity contribution in [3.8, 4) is 5.75 Å². The number of aromatic nitrogens is 1. The molecule has 2 amide bonds. The molecule has 2 aromatic carbocycles. The number of likely N-dealkylation sites (tertiary alicyclic amines) is 1. The van der Waals surface area contributed by atoms with Gasteiger partial charge in [-0.2, -0.15) is 0 Å². The summed E-state index contributed by atoms with van der Waals surface area (Å²) in [4.78, 5) is 65.2. The maximum absolute atomic E-state index is 14.7. The van der Waals surface area contributed by atoms with E-state index in [1.807, 2.05) is 0 Å². The Morgan fingerprint density at radius 3 is 2.40 bits per heavy atom. The number of esters is 2. The fourth-order valence-electron chi connectivity index (χ4n) is 6.51. The van der Waals surface area contributed by atoms with Crippen LogP contribution < -0.4 is 10.1 Å². The topological polar surface area (TPSA) is 191 Å². The fraction of sp³-hybridized carbons (Fsp3) is 0.457. The van der Waals surface area contributed by atoms with E-state index in [2.05, 4.69) is 5.32 Å². The van der Waals surface area contributed by atoms with Crippen LogP contribution in [0.2, 0.25) is 5.02 Å². The zero-order valence-electron chi connectivity index (χ0n) is 29.1. The van der Waals surface area contributed by atoms with Crippen LogP contribution in [0.25, 0.3) is 10.9 Å². The Morgan fingerprint density at radius 1 is 1.09 bits per heavy atom. The average molecular weight is 782 g/mol. The van der Waals surface area contributed by atoms with Crippen molar-refractivity contribution in [3.05, 3.63) is 64.6 Å². The van der Waals surface area contributed by atoms with E-state index in [-0.39, 0.29) is 60.0 Å². The van der Waals surface area contributed by atoms with Crippen molar-refractivity contribution in [3.63, 3.8) is 0 Å². The number of ketones is 1. The quantitative estimate of drug-likeness (QED) is 0.0931. The number of fused-ring (bicyclic) bond motifs is 1. The van der Waals surface area contributed by atoms with Gasteiger partial charge in [0.15, 0.2) is 11.4 Å². The molecule has 2 saturated heterocycles. The van der Waals surface area contributed by atoms with Crippen molar-refractivity contribution in [2.24, 2.45) is 0 Å². The normalized spacial score (nSPS) is 23.3. The molecule has 0 radical (unpaired) electrons. The molecule has 14 nitrogen and oxygen atoms in total. The molecule has 0 saturated carbocycles. The van der Waals surface area contributed by atoms with Gasteiger partial charge in [0.1, 0.15) is 36.7 Å². The van der Waals surface area contributed by atoms with E-state index in [1.54, 1.807) is 0 Å². The summed E-state index contributed by atoms with van der Waals surface area (Å²) >= 11 is 5.82. The number of amides is 2. The van der Waals surface area contributed by atoms with Gasteiger partial charge in [-0.05, 0) is 25.1 Å². The highest BCUT2D eigenvalue weighted by molar-refractivity contribution is 7.67. The number of nitrogens with zero attached hydrogens (tertiary/aromatic N) is 2. The summed E-state index contributed by atoms with van der Waals surface area (Å²) < 4.78 is 61.1. The van der Waals surface area contributed by atoms with E-state index in [4.69, 9.17) is 25.8 Å². The van der Waals surface area contributed by atoms with Crippen LogP contribution >= 0.6 is 18.7 Å². The first-order chi connectivity index (χ1) is 25.0. The van der Waals surface area contributed by atoms with Gasteiger partial charge in [-0.3, -0.25) is 24.0 Å². The van der Waals surface area contributed by atoms with Crippen molar-refractivity contribution < 1.29 is 61.7 Å². The molecule has 286 valence electrons. The molecule has 3 aromatic rings. The summed E-state index contributed by atoms with van der Waals surface area (Å²) in [6.45, 7) is 2.08. The van der Waals surface area contributed by atoms with E-state index in [9.17, 15) is 47.5 Å². The second kappa shape index (κ2) is 15.5. The van der Waals surface area contributed by atoms with Crippen LogP contribution in [0.3, 0.4) is 0 Å². The molecule has 0 aliphatic carbocycles. The van der Waals surface area contributed by atoms with Gasteiger partial charge < -0.3 is 43.8 Å². The number of hydrogen-bond donors (Lipinski definition) is 3. The zero-order valence-corrected chi connectivity index (χ0v) is 30.8. The third kappa shape index (κ3) is 7.55. The lowest BCUT2D eigenvalue weighted by molar-refractivity contribution is -0.270. The van der Waals surface area contributed by atoms with E-state index in [0.29, 0.717) is 10.9 Å². The number of alkyl halides is 1. The van der Waals surface area contributed by atoms with Crippen molar-refractivity contribution in [2.45, 2.75) is 76.5 Å². The van der Waals surface area contributed by atoms with Gasteiger partial charge in [0.2, 0.25) is 19.0 Å². The minimum Gasteiger partial charge on any atom is -0.486 e. The molecule has 2 aliphatic heterocycles. The maximum Gasteiger partial charge on any atom is 0.342 e. The minimum absolute atomic E-state index is 0.0575. The highest BCUT2D eigenvalue weighted by atomic mass is 35.5. The Morgan fingerprint density at radius 2 is 1.77 bits per heavy atom. The van der Waals surface area contributed by atoms with Gasteiger partial charge in [-0.1, -0.05) is 37.6 Å². The lowest BCUT2D eigenvalue weighted by atomic mass is 10.1. The van der Waals surface area contributed by atoms with Gasteiger partial charge in [0.25, 0.3) is 0 Å². The van der Waals surface area contributed by atoms with E-state index >= 15 is 0 Å². The summed E-state index contributed by atoms with van der Waals surface area (Å²) in [7, 11) is -4.09. The summed E-state index contributed by atoms with van der Waals surface area (Å²) in [6.07, 6.45) is -2.15. The fourth-order valence-corrected chi connectivity index (χ4v) is 9.86. The molecule has 2 aliphatic rings. The summed E-state index contributed by atoms with van der Waals surface area (Å²) in [6, 6.07) is 7.48. The first kappa shape index (κ1) is 39.8. The van der Waals surface area contributed by atoms with Gasteiger partial charge in [-0.25, -0.2) is 8.78 Å². The first-order valence-electron chi connectivity index (χ1n) is 16.8. The van der Waals surface area contributed by atoms with E-state index < -0.39 is 85.7 Å². The second-order valence-electron chi connectivity index (χ2n) is 13.0. The van der Waals surface area contributed by atoms with Gasteiger partial charge in [0, 0.05) is 54.6 Å². The van der Waals surface area contributed by atoms with Crippen LogP contribution in [0, 0.1) is 5.82 Å². The molecule has 1 aromatic heterocycles. The first-order valence-corrected chi connectivity index (χ1v) is 19.2. The molecular weight excluding hydrogens is 743 g/mol. The number of Topliss-reactive ketones (excluding diaryl/α,β-unsaturated/α-hetero) is 1. The van der Waals surface area contributed by atoms with Crippen molar-refractivity contribution >= 4 is 59.2 Å². The Labute approximate surface area is 307 Å². The Hall–Kier alpha value is -4.37. The van der Waals surface area contributed by atoms with Crippen LogP contribution in [0.5, 0.6) is 5.75 Å². The largest absolute Gasteiger partial charge is 0.486 e. The summed E-state index contributed by atoms with van der Waals surface area (Å²) in [5.74, 6) is -4.25. The zero-order chi connectivity index (χ0) is 38.9. The molecule has 5 rings (SSSR count). The molecule has 4 atom stereocenters. The van der Waals surface area contributed by atoms with Crippen molar-refractivity contribution in [2.75, 3.05) is 25.7 Å². The Bertz CT molecular complexity index is 1990. The standard InChI is InChI=1S/C35H39ClF2N3O11P/c1-4-30(45)51-35(52-31(46)5-2)34(48,17-42)18-53(35,49)19-50-23-9-10-24-25(20(3)43)15-40(27(24)12-23)16-29(44)41-14-22(37)11-28(41)33(47)39-13-21-7-6-8-26(36)32(21)38/h6-10,12,15,22,28,42,48H,4-5,11,13-14,16-19H2,1-3H3,(H,39,47)/t22-,28+,34?,53?/m1/s1. The number of rotatable bonds is 14.